The van der Waals surface area contributed by atoms with Gasteiger partial charge in [0, 0.05) is 19.1 Å². The zero-order chi connectivity index (χ0) is 13.1. The molecule has 1 saturated heterocycles. The normalized spacial score (nSPS) is 22.3. The highest BCUT2D eigenvalue weighted by Crippen LogP contribution is 2.16. The van der Waals surface area contributed by atoms with Crippen molar-refractivity contribution in [3.8, 4) is 0 Å². The molecule has 1 aliphatic heterocycles. The lowest BCUT2D eigenvalue weighted by atomic mass is 10.2. The fraction of sp³-hybridized carbons (Fsp3) is 1.00. The minimum Gasteiger partial charge on any atom is -0.313 e. The maximum atomic E-state index is 12.0. The summed E-state index contributed by atoms with van der Waals surface area (Å²) in [6.45, 7) is 7.96. The minimum absolute atomic E-state index is 0.250. The second-order valence-corrected chi connectivity index (χ2v) is 8.85. The molecule has 5 heteroatoms. The SMILES string of the molecule is CN(CCS(=O)(=O)C(C)(C)C)CC1CCCN1. The van der Waals surface area contributed by atoms with Crippen LogP contribution in [0.1, 0.15) is 33.6 Å². The lowest BCUT2D eigenvalue weighted by Crippen LogP contribution is -2.40. The Morgan fingerprint density at radius 1 is 1.35 bits per heavy atom. The Balaban J connectivity index is 2.35. The summed E-state index contributed by atoms with van der Waals surface area (Å²) in [5, 5.41) is 3.42. The fourth-order valence-corrected chi connectivity index (χ4v) is 3.13. The van der Waals surface area contributed by atoms with Crippen molar-refractivity contribution in [2.24, 2.45) is 0 Å². The third kappa shape index (κ3) is 4.56. The van der Waals surface area contributed by atoms with Crippen LogP contribution in [0.3, 0.4) is 0 Å². The third-order valence-electron chi connectivity index (χ3n) is 3.37. The van der Waals surface area contributed by atoms with E-state index >= 15 is 0 Å². The van der Waals surface area contributed by atoms with Gasteiger partial charge in [-0.1, -0.05) is 0 Å². The largest absolute Gasteiger partial charge is 0.313 e. The van der Waals surface area contributed by atoms with Crippen molar-refractivity contribution in [1.29, 1.82) is 0 Å². The first-order valence-electron chi connectivity index (χ1n) is 6.36. The van der Waals surface area contributed by atoms with E-state index in [0.717, 1.165) is 13.1 Å². The van der Waals surface area contributed by atoms with Gasteiger partial charge >= 0.3 is 0 Å². The van der Waals surface area contributed by atoms with Gasteiger partial charge in [-0.15, -0.1) is 0 Å². The molecule has 0 aliphatic carbocycles. The van der Waals surface area contributed by atoms with Crippen LogP contribution in [0.4, 0.5) is 0 Å². The van der Waals surface area contributed by atoms with Crippen LogP contribution in [0.2, 0.25) is 0 Å². The standard InChI is InChI=1S/C12H26N2O2S/c1-12(2,3)17(15,16)9-8-14(4)10-11-6-5-7-13-11/h11,13H,5-10H2,1-4H3. The molecule has 1 unspecified atom stereocenters. The maximum absolute atomic E-state index is 12.0. The molecule has 0 spiro atoms. The number of nitrogens with zero attached hydrogens (tertiary/aromatic N) is 1. The summed E-state index contributed by atoms with van der Waals surface area (Å²) in [4.78, 5) is 2.12. The van der Waals surface area contributed by atoms with Gasteiger partial charge in [-0.05, 0) is 47.2 Å². The van der Waals surface area contributed by atoms with Gasteiger partial charge in [-0.3, -0.25) is 0 Å². The molecule has 4 nitrogen and oxygen atoms in total. The Hall–Kier alpha value is -0.130. The van der Waals surface area contributed by atoms with Crippen LogP contribution in [-0.4, -0.2) is 56.5 Å². The van der Waals surface area contributed by atoms with E-state index in [2.05, 4.69) is 10.2 Å². The van der Waals surface area contributed by atoms with Gasteiger partial charge in [0.05, 0.1) is 10.5 Å². The lowest BCUT2D eigenvalue weighted by molar-refractivity contribution is 0.315. The van der Waals surface area contributed by atoms with Gasteiger partial charge in [0.25, 0.3) is 0 Å². The predicted molar refractivity (Wildman–Crippen MR) is 72.1 cm³/mol. The molecule has 1 heterocycles. The Morgan fingerprint density at radius 2 is 2.00 bits per heavy atom. The molecule has 1 aliphatic rings. The summed E-state index contributed by atoms with van der Waals surface area (Å²) in [7, 11) is -0.990. The molecule has 1 rings (SSSR count). The first kappa shape index (κ1) is 14.9. The number of rotatable bonds is 5. The average Bonchev–Trinajstić information content (AvgIpc) is 2.66. The van der Waals surface area contributed by atoms with E-state index in [0.29, 0.717) is 12.6 Å². The molecule has 0 aromatic rings. The Morgan fingerprint density at radius 3 is 2.47 bits per heavy atom. The van der Waals surface area contributed by atoms with Crippen LogP contribution in [0.15, 0.2) is 0 Å². The predicted octanol–water partition coefficient (Wildman–Crippen LogP) is 0.884. The molecule has 0 saturated carbocycles. The second-order valence-electron chi connectivity index (χ2n) is 5.99. The summed E-state index contributed by atoms with van der Waals surface area (Å²) in [5.41, 5.74) is 0. The monoisotopic (exact) mass is 262 g/mol. The zero-order valence-corrected chi connectivity index (χ0v) is 12.3. The van der Waals surface area contributed by atoms with Crippen molar-refractivity contribution in [2.45, 2.75) is 44.4 Å². The molecule has 1 fully saturated rings. The molecule has 0 aromatic heterocycles. The average molecular weight is 262 g/mol. The molecule has 1 atom stereocenters. The molecule has 102 valence electrons. The summed E-state index contributed by atoms with van der Waals surface area (Å²) >= 11 is 0. The number of likely N-dealkylation sites (N-methyl/N-ethyl adjacent to an activating group) is 1. The van der Waals surface area contributed by atoms with Gasteiger partial charge in [0.2, 0.25) is 0 Å². The van der Waals surface area contributed by atoms with Crippen molar-refractivity contribution in [3.63, 3.8) is 0 Å². The van der Waals surface area contributed by atoms with Crippen LogP contribution in [0.5, 0.6) is 0 Å². The molecule has 0 aromatic carbocycles. The van der Waals surface area contributed by atoms with Crippen molar-refractivity contribution in [3.05, 3.63) is 0 Å². The Labute approximate surface area is 106 Å². The first-order valence-corrected chi connectivity index (χ1v) is 8.02. The summed E-state index contributed by atoms with van der Waals surface area (Å²) < 4.78 is 23.3. The van der Waals surface area contributed by atoms with Crippen molar-refractivity contribution >= 4 is 9.84 Å². The zero-order valence-electron chi connectivity index (χ0n) is 11.5. The van der Waals surface area contributed by atoms with Gasteiger partial charge < -0.3 is 10.2 Å². The fourth-order valence-electron chi connectivity index (χ4n) is 1.96. The second kappa shape index (κ2) is 5.67. The number of nitrogens with one attached hydrogen (secondary N) is 1. The van der Waals surface area contributed by atoms with Crippen LogP contribution in [-0.2, 0) is 9.84 Å². The first-order chi connectivity index (χ1) is 7.72. The van der Waals surface area contributed by atoms with Gasteiger partial charge in [0.15, 0.2) is 9.84 Å². The van der Waals surface area contributed by atoms with Crippen molar-refractivity contribution in [1.82, 2.24) is 10.2 Å². The highest BCUT2D eigenvalue weighted by Gasteiger charge is 2.29. The van der Waals surface area contributed by atoms with Crippen LogP contribution in [0, 0.1) is 0 Å². The highest BCUT2D eigenvalue weighted by atomic mass is 32.2. The van der Waals surface area contributed by atoms with Crippen molar-refractivity contribution in [2.75, 3.05) is 32.4 Å². The highest BCUT2D eigenvalue weighted by molar-refractivity contribution is 7.92. The van der Waals surface area contributed by atoms with E-state index < -0.39 is 14.6 Å². The molecular formula is C12H26N2O2S. The van der Waals surface area contributed by atoms with Crippen LogP contribution < -0.4 is 5.32 Å². The van der Waals surface area contributed by atoms with Gasteiger partial charge in [-0.2, -0.15) is 0 Å². The summed E-state index contributed by atoms with van der Waals surface area (Å²) in [6.07, 6.45) is 2.44. The van der Waals surface area contributed by atoms with E-state index in [1.54, 1.807) is 20.8 Å². The smallest absolute Gasteiger partial charge is 0.156 e. The van der Waals surface area contributed by atoms with E-state index in [4.69, 9.17) is 0 Å². The Bertz CT molecular complexity index is 327. The lowest BCUT2D eigenvalue weighted by Gasteiger charge is -2.24. The third-order valence-corrected chi connectivity index (χ3v) is 5.96. The molecule has 0 bridgehead atoms. The molecule has 0 radical (unpaired) electrons. The minimum atomic E-state index is -2.99. The molecule has 0 amide bonds. The van der Waals surface area contributed by atoms with Gasteiger partial charge in [0.1, 0.15) is 0 Å². The van der Waals surface area contributed by atoms with E-state index in [9.17, 15) is 8.42 Å². The van der Waals surface area contributed by atoms with E-state index in [-0.39, 0.29) is 5.75 Å². The topological polar surface area (TPSA) is 49.4 Å². The Kier molecular flexibility index (Phi) is 4.98. The molecular weight excluding hydrogens is 236 g/mol. The molecule has 17 heavy (non-hydrogen) atoms. The summed E-state index contributed by atoms with van der Waals surface area (Å²) in [5.74, 6) is 0.250. The van der Waals surface area contributed by atoms with Gasteiger partial charge in [-0.25, -0.2) is 8.42 Å². The van der Waals surface area contributed by atoms with Crippen molar-refractivity contribution < 1.29 is 8.42 Å². The number of hydrogen-bond donors (Lipinski definition) is 1. The van der Waals surface area contributed by atoms with E-state index in [1.165, 1.54) is 12.8 Å². The quantitative estimate of drug-likeness (QED) is 0.799. The number of hydrogen-bond acceptors (Lipinski definition) is 4. The molecule has 1 N–H and O–H groups in total. The van der Waals surface area contributed by atoms with Crippen LogP contribution in [0.25, 0.3) is 0 Å². The maximum Gasteiger partial charge on any atom is 0.156 e. The van der Waals surface area contributed by atoms with Crippen LogP contribution >= 0.6 is 0 Å². The summed E-state index contributed by atoms with van der Waals surface area (Å²) in [6, 6.07) is 0.539. The number of sulfone groups is 1. The van der Waals surface area contributed by atoms with E-state index in [1.807, 2.05) is 7.05 Å².